The van der Waals surface area contributed by atoms with Crippen LogP contribution in [-0.4, -0.2) is 68.5 Å². The summed E-state index contributed by atoms with van der Waals surface area (Å²) in [4.78, 5) is 25.6. The molecule has 3 unspecified atom stereocenters. The van der Waals surface area contributed by atoms with Crippen LogP contribution >= 0.6 is 7.82 Å². The van der Waals surface area contributed by atoms with Gasteiger partial charge in [-0.2, -0.15) is 0 Å². The number of allylic oxidation sites excluding steroid dienone is 15. The third kappa shape index (κ3) is 62.9. The number of quaternary nitrogens is 1. The Bertz CT molecular complexity index is 1610. The summed E-state index contributed by atoms with van der Waals surface area (Å²) in [7, 11) is 1.24. The van der Waals surface area contributed by atoms with Gasteiger partial charge in [-0.15, -0.1) is 0 Å². The van der Waals surface area contributed by atoms with Crippen LogP contribution in [0.5, 0.6) is 0 Å². The topological polar surface area (TPSA) is 108 Å². The number of hydrogen-bond acceptors (Lipinski definition) is 6. The lowest BCUT2D eigenvalue weighted by Gasteiger charge is -2.29. The summed E-state index contributed by atoms with van der Waals surface area (Å²) in [6, 6.07) is -0.910. The summed E-state index contributed by atoms with van der Waals surface area (Å²) in [6.45, 7) is 4.54. The molecule has 8 nitrogen and oxygen atoms in total. The smallest absolute Gasteiger partial charge is 0.268 e. The molecule has 0 aromatic rings. The molecule has 0 aliphatic rings. The fourth-order valence-electron chi connectivity index (χ4n) is 9.41. The summed E-state index contributed by atoms with van der Waals surface area (Å²) in [5.74, 6) is -0.208. The quantitative estimate of drug-likeness (QED) is 0.0272. The van der Waals surface area contributed by atoms with Gasteiger partial charge in [0.05, 0.1) is 39.9 Å². The fraction of sp³-hybridized carbons (Fsp3) is 0.757. The number of nitrogens with zero attached hydrogens (tertiary/aromatic N) is 1. The second kappa shape index (κ2) is 60.0. The number of unbranched alkanes of at least 4 members (excludes halogenated alkanes) is 33. The Labute approximate surface area is 489 Å². The van der Waals surface area contributed by atoms with E-state index in [0.29, 0.717) is 17.4 Å². The van der Waals surface area contributed by atoms with Crippen molar-refractivity contribution in [1.29, 1.82) is 0 Å². The van der Waals surface area contributed by atoms with Crippen LogP contribution in [0.2, 0.25) is 0 Å². The Morgan fingerprint density at radius 2 is 0.785 bits per heavy atom. The molecule has 0 spiro atoms. The van der Waals surface area contributed by atoms with Crippen molar-refractivity contribution in [2.45, 2.75) is 302 Å². The minimum Gasteiger partial charge on any atom is -0.756 e. The largest absolute Gasteiger partial charge is 0.756 e. The lowest BCUT2D eigenvalue weighted by molar-refractivity contribution is -0.870. The van der Waals surface area contributed by atoms with E-state index < -0.39 is 26.6 Å². The highest BCUT2D eigenvalue weighted by atomic mass is 31.2. The summed E-state index contributed by atoms with van der Waals surface area (Å²) >= 11 is 0. The molecule has 0 heterocycles. The van der Waals surface area contributed by atoms with Crippen LogP contribution in [0.25, 0.3) is 0 Å². The number of carbonyl (C=O) groups excluding carboxylic acids is 1. The Balaban J connectivity index is 4.15. The minimum absolute atomic E-state index is 0.00937. The lowest BCUT2D eigenvalue weighted by atomic mass is 10.0. The van der Waals surface area contributed by atoms with E-state index in [4.69, 9.17) is 9.05 Å². The zero-order chi connectivity index (χ0) is 57.7. The maximum atomic E-state index is 13.0. The van der Waals surface area contributed by atoms with Crippen molar-refractivity contribution in [1.82, 2.24) is 5.32 Å². The van der Waals surface area contributed by atoms with Crippen molar-refractivity contribution in [3.63, 3.8) is 0 Å². The highest BCUT2D eigenvalue weighted by molar-refractivity contribution is 7.45. The van der Waals surface area contributed by atoms with E-state index >= 15 is 0 Å². The summed E-state index contributed by atoms with van der Waals surface area (Å²) in [6.07, 6.45) is 86.6. The summed E-state index contributed by atoms with van der Waals surface area (Å²) < 4.78 is 23.4. The average molecular weight is 1120 g/mol. The van der Waals surface area contributed by atoms with Crippen molar-refractivity contribution in [2.75, 3.05) is 40.9 Å². The van der Waals surface area contributed by atoms with Crippen molar-refractivity contribution in [3.8, 4) is 0 Å². The SMILES string of the molecule is CC/C=C\C/C=C\C/C=C\C/C=C\C/C=C\C/C=C\CCCCCCCCCCCCCCCCC(=O)NC(COP(=O)([O-])OCC[N+](C)(C)C)C(O)/C=C/CC/C=C/CCCCCCCCCCCCCCCCCCCC. The maximum absolute atomic E-state index is 13.0. The molecule has 0 aromatic heterocycles. The Morgan fingerprint density at radius 1 is 0.456 bits per heavy atom. The van der Waals surface area contributed by atoms with Crippen molar-refractivity contribution in [3.05, 3.63) is 97.2 Å². The van der Waals surface area contributed by atoms with Gasteiger partial charge < -0.3 is 28.8 Å². The molecule has 0 aliphatic carbocycles. The molecule has 3 atom stereocenters. The predicted molar refractivity (Wildman–Crippen MR) is 343 cm³/mol. The Morgan fingerprint density at radius 3 is 1.18 bits per heavy atom. The van der Waals surface area contributed by atoms with E-state index in [0.717, 1.165) is 77.0 Å². The van der Waals surface area contributed by atoms with Gasteiger partial charge in [0.15, 0.2) is 0 Å². The molecule has 0 aromatic carbocycles. The number of hydrogen-bond donors (Lipinski definition) is 2. The van der Waals surface area contributed by atoms with Gasteiger partial charge in [0.2, 0.25) is 5.91 Å². The molecule has 2 N–H and O–H groups in total. The van der Waals surface area contributed by atoms with Crippen LogP contribution in [0.15, 0.2) is 97.2 Å². The maximum Gasteiger partial charge on any atom is 0.268 e. The molecule has 0 fully saturated rings. The number of carbonyl (C=O) groups is 1. The van der Waals surface area contributed by atoms with E-state index in [-0.39, 0.29) is 12.5 Å². The molecule has 79 heavy (non-hydrogen) atoms. The number of phosphoric ester groups is 1. The summed E-state index contributed by atoms with van der Waals surface area (Å²) in [5, 5.41) is 13.9. The van der Waals surface area contributed by atoms with Gasteiger partial charge in [-0.25, -0.2) is 0 Å². The highest BCUT2D eigenvalue weighted by Gasteiger charge is 2.23. The number of aliphatic hydroxyl groups is 1. The summed E-state index contributed by atoms with van der Waals surface area (Å²) in [5.41, 5.74) is 0. The fourth-order valence-corrected chi connectivity index (χ4v) is 10.1. The molecule has 0 aliphatic heterocycles. The number of aliphatic hydroxyl groups excluding tert-OH is 1. The Hall–Kier alpha value is -2.58. The molecule has 1 amide bonds. The second-order valence-electron chi connectivity index (χ2n) is 23.4. The van der Waals surface area contributed by atoms with E-state index in [1.54, 1.807) is 6.08 Å². The van der Waals surface area contributed by atoms with Crippen LogP contribution in [-0.2, 0) is 18.4 Å². The standard InChI is InChI=1S/C70H127N2O6P/c1-6-8-10-12-14-16-18-20-22-24-26-28-30-32-33-34-35-36-37-38-39-40-42-44-46-48-50-52-54-56-58-60-62-64-70(74)71-68(67-78-79(75,76)77-66-65-72(3,4)5)69(73)63-61-59-57-55-53-51-49-47-45-43-41-31-29-27-25-23-21-19-17-15-13-11-9-7-2/h8,10,14,16,20,22,26,28,32-33,35-36,53,55,61,63,68-69,73H,6-7,9,11-13,15,17-19,21,23-25,27,29-31,34,37-52,54,56-60,62,64-67H2,1-5H3,(H-,71,74,75,76)/b10-8-,16-14-,22-20-,28-26-,33-32-,36-35-,55-53+,63-61+. The molecular weight excluding hydrogens is 996 g/mol. The third-order valence-electron chi connectivity index (χ3n) is 14.5. The normalized spacial score (nSPS) is 14.4. The van der Waals surface area contributed by atoms with Crippen LogP contribution in [0.1, 0.15) is 290 Å². The number of rotatable bonds is 60. The van der Waals surface area contributed by atoms with Gasteiger partial charge in [0.1, 0.15) is 13.2 Å². The molecule has 0 bridgehead atoms. The van der Waals surface area contributed by atoms with E-state index in [9.17, 15) is 19.4 Å². The van der Waals surface area contributed by atoms with Gasteiger partial charge in [-0.05, 0) is 83.5 Å². The number of nitrogens with one attached hydrogen (secondary N) is 1. The first-order chi connectivity index (χ1) is 38.5. The molecular formula is C70H127N2O6P. The third-order valence-corrected chi connectivity index (χ3v) is 15.5. The first-order valence-corrected chi connectivity index (χ1v) is 34.6. The minimum atomic E-state index is -4.62. The lowest BCUT2D eigenvalue weighted by Crippen LogP contribution is -2.45. The molecule has 9 heteroatoms. The van der Waals surface area contributed by atoms with Gasteiger partial charge in [0.25, 0.3) is 7.82 Å². The monoisotopic (exact) mass is 1120 g/mol. The molecule has 0 saturated carbocycles. The van der Waals surface area contributed by atoms with Crippen LogP contribution in [0.4, 0.5) is 0 Å². The zero-order valence-corrected chi connectivity index (χ0v) is 53.2. The van der Waals surface area contributed by atoms with E-state index in [2.05, 4.69) is 104 Å². The highest BCUT2D eigenvalue weighted by Crippen LogP contribution is 2.38. The van der Waals surface area contributed by atoms with Crippen LogP contribution in [0.3, 0.4) is 0 Å². The van der Waals surface area contributed by atoms with Crippen molar-refractivity contribution >= 4 is 13.7 Å². The van der Waals surface area contributed by atoms with Crippen LogP contribution < -0.4 is 10.2 Å². The zero-order valence-electron chi connectivity index (χ0n) is 52.3. The molecule has 458 valence electrons. The van der Waals surface area contributed by atoms with E-state index in [1.165, 1.54) is 193 Å². The molecule has 0 saturated heterocycles. The molecule has 0 radical (unpaired) electrons. The average Bonchev–Trinajstić information content (AvgIpc) is 3.42. The van der Waals surface area contributed by atoms with E-state index in [1.807, 2.05) is 27.2 Å². The first-order valence-electron chi connectivity index (χ1n) is 33.1. The van der Waals surface area contributed by atoms with Gasteiger partial charge >= 0.3 is 0 Å². The number of amides is 1. The molecule has 0 rings (SSSR count). The van der Waals surface area contributed by atoms with Gasteiger partial charge in [-0.3, -0.25) is 9.36 Å². The number of phosphoric acid groups is 1. The predicted octanol–water partition coefficient (Wildman–Crippen LogP) is 20.3. The van der Waals surface area contributed by atoms with Gasteiger partial charge in [-0.1, -0.05) is 297 Å². The Kier molecular flexibility index (Phi) is 58.1. The van der Waals surface area contributed by atoms with Gasteiger partial charge in [0, 0.05) is 6.42 Å². The number of likely N-dealkylation sites (N-methyl/N-ethyl adjacent to an activating group) is 1. The van der Waals surface area contributed by atoms with Crippen molar-refractivity contribution < 1.29 is 32.9 Å². The second-order valence-corrected chi connectivity index (χ2v) is 24.8. The van der Waals surface area contributed by atoms with Crippen LogP contribution in [0, 0.1) is 0 Å². The first kappa shape index (κ1) is 76.4. The van der Waals surface area contributed by atoms with Crippen molar-refractivity contribution in [2.24, 2.45) is 0 Å².